The summed E-state index contributed by atoms with van der Waals surface area (Å²) in [5.41, 5.74) is 6.83. The third-order valence-corrected chi connectivity index (χ3v) is 4.79. The van der Waals surface area contributed by atoms with Crippen LogP contribution < -0.4 is 11.1 Å². The number of nitrogens with one attached hydrogen (secondary N) is 1. The fourth-order valence-corrected chi connectivity index (χ4v) is 3.14. The molecule has 3 N–H and O–H groups in total. The highest BCUT2D eigenvalue weighted by Crippen LogP contribution is 2.31. The van der Waals surface area contributed by atoms with Crippen LogP contribution in [0.4, 0.5) is 0 Å². The molecule has 2 aromatic rings. The highest BCUT2D eigenvalue weighted by Gasteiger charge is 2.17. The Hall–Kier alpha value is -1.40. The van der Waals surface area contributed by atoms with E-state index in [2.05, 4.69) is 5.32 Å². The van der Waals surface area contributed by atoms with Gasteiger partial charge in [0.1, 0.15) is 6.04 Å². The van der Waals surface area contributed by atoms with E-state index in [4.69, 9.17) is 22.1 Å². The van der Waals surface area contributed by atoms with Crippen molar-refractivity contribution in [3.05, 3.63) is 46.3 Å². The second-order valence-electron chi connectivity index (χ2n) is 5.00. The molecule has 2 rings (SSSR count). The average Bonchev–Trinajstić information content (AvgIpc) is 2.98. The first kappa shape index (κ1) is 17.0. The van der Waals surface area contributed by atoms with Gasteiger partial charge in [-0.1, -0.05) is 23.7 Å². The normalized spacial score (nSPS) is 13.6. The van der Waals surface area contributed by atoms with Crippen LogP contribution in [0.2, 0.25) is 5.02 Å². The number of hydrogen-bond donors (Lipinski definition) is 2. The summed E-state index contributed by atoms with van der Waals surface area (Å²) in [5.74, 6) is -0.212. The molecule has 0 bridgehead atoms. The third-order valence-electron chi connectivity index (χ3n) is 3.22. The first-order chi connectivity index (χ1) is 10.5. The summed E-state index contributed by atoms with van der Waals surface area (Å²) >= 11 is 7.54. The molecule has 6 heteroatoms. The molecule has 0 spiro atoms. The first-order valence-corrected chi connectivity index (χ1v) is 8.11. The molecule has 1 aromatic heterocycles. The number of ether oxygens (including phenoxy) is 1. The largest absolute Gasteiger partial charge is 0.383 e. The Morgan fingerprint density at radius 3 is 2.64 bits per heavy atom. The van der Waals surface area contributed by atoms with Gasteiger partial charge in [0.15, 0.2) is 0 Å². The lowest BCUT2D eigenvalue weighted by Crippen LogP contribution is -2.44. The Labute approximate surface area is 139 Å². The van der Waals surface area contributed by atoms with Gasteiger partial charge in [0, 0.05) is 21.9 Å². The minimum absolute atomic E-state index is 0.0959. The summed E-state index contributed by atoms with van der Waals surface area (Å²) in [6, 6.07) is 11.0. The maximum absolute atomic E-state index is 11.9. The van der Waals surface area contributed by atoms with E-state index >= 15 is 0 Å². The predicted molar refractivity (Wildman–Crippen MR) is 91.2 cm³/mol. The molecule has 0 aliphatic rings. The molecule has 0 aliphatic heterocycles. The quantitative estimate of drug-likeness (QED) is 0.850. The van der Waals surface area contributed by atoms with Gasteiger partial charge < -0.3 is 15.8 Å². The number of rotatable bonds is 6. The second kappa shape index (κ2) is 7.74. The summed E-state index contributed by atoms with van der Waals surface area (Å²) in [6.45, 7) is 2.15. The zero-order valence-corrected chi connectivity index (χ0v) is 14.1. The van der Waals surface area contributed by atoms with Crippen molar-refractivity contribution in [2.24, 2.45) is 5.73 Å². The van der Waals surface area contributed by atoms with Crippen LogP contribution in [0.3, 0.4) is 0 Å². The van der Waals surface area contributed by atoms with Crippen molar-refractivity contribution in [3.8, 4) is 10.4 Å². The van der Waals surface area contributed by atoms with Crippen LogP contribution in [0.5, 0.6) is 0 Å². The van der Waals surface area contributed by atoms with Gasteiger partial charge in [0.25, 0.3) is 0 Å². The minimum Gasteiger partial charge on any atom is -0.383 e. The van der Waals surface area contributed by atoms with E-state index in [1.807, 2.05) is 43.3 Å². The zero-order chi connectivity index (χ0) is 16.1. The van der Waals surface area contributed by atoms with Gasteiger partial charge in [-0.05, 0) is 36.8 Å². The van der Waals surface area contributed by atoms with E-state index < -0.39 is 6.04 Å². The number of nitrogens with two attached hydrogens (primary N) is 1. The molecular formula is C16H19ClN2O2S. The van der Waals surface area contributed by atoms with Crippen LogP contribution in [0, 0.1) is 0 Å². The molecule has 0 fully saturated rings. The lowest BCUT2D eigenvalue weighted by Gasteiger charge is -2.16. The number of benzene rings is 1. The molecule has 4 nitrogen and oxygen atoms in total. The second-order valence-corrected chi connectivity index (χ2v) is 6.55. The van der Waals surface area contributed by atoms with E-state index in [1.54, 1.807) is 11.3 Å². The lowest BCUT2D eigenvalue weighted by atomic mass is 10.2. The number of hydrogen-bond acceptors (Lipinski definition) is 4. The van der Waals surface area contributed by atoms with Crippen molar-refractivity contribution in [1.29, 1.82) is 0 Å². The molecule has 0 saturated heterocycles. The molecular weight excluding hydrogens is 320 g/mol. The number of carbonyl (C=O) groups is 1. The Morgan fingerprint density at radius 2 is 2.00 bits per heavy atom. The van der Waals surface area contributed by atoms with Crippen molar-refractivity contribution in [2.45, 2.75) is 19.0 Å². The third kappa shape index (κ3) is 4.30. The molecule has 0 radical (unpaired) electrons. The highest BCUT2D eigenvalue weighted by molar-refractivity contribution is 7.15. The van der Waals surface area contributed by atoms with Gasteiger partial charge in [-0.2, -0.15) is 0 Å². The summed E-state index contributed by atoms with van der Waals surface area (Å²) in [6.07, 6.45) is 0. The maximum Gasteiger partial charge on any atom is 0.239 e. The molecule has 2 atom stereocenters. The monoisotopic (exact) mass is 338 g/mol. The lowest BCUT2D eigenvalue weighted by molar-refractivity contribution is -0.124. The Balaban J connectivity index is 2.04. The van der Waals surface area contributed by atoms with Crippen LogP contribution in [0.1, 0.15) is 17.8 Å². The van der Waals surface area contributed by atoms with Gasteiger partial charge in [-0.15, -0.1) is 11.3 Å². The van der Waals surface area contributed by atoms with E-state index in [-0.39, 0.29) is 18.6 Å². The summed E-state index contributed by atoms with van der Waals surface area (Å²) in [4.78, 5) is 14.1. The van der Waals surface area contributed by atoms with Gasteiger partial charge in [0.2, 0.25) is 5.91 Å². The molecule has 1 heterocycles. The van der Waals surface area contributed by atoms with Crippen molar-refractivity contribution >= 4 is 28.8 Å². The number of methoxy groups -OCH3 is 1. The topological polar surface area (TPSA) is 64.3 Å². The van der Waals surface area contributed by atoms with Crippen molar-refractivity contribution in [2.75, 3.05) is 13.7 Å². The number of amides is 1. The SMILES string of the molecule is COCC(N)C(=O)NC(C)c1ccc(-c2ccc(Cl)cc2)s1. The van der Waals surface area contributed by atoms with E-state index in [0.717, 1.165) is 15.3 Å². The molecule has 22 heavy (non-hydrogen) atoms. The van der Waals surface area contributed by atoms with E-state index in [0.29, 0.717) is 5.02 Å². The fraction of sp³-hybridized carbons (Fsp3) is 0.312. The van der Waals surface area contributed by atoms with Crippen LogP contribution in [-0.4, -0.2) is 25.7 Å². The van der Waals surface area contributed by atoms with Gasteiger partial charge in [-0.25, -0.2) is 0 Å². The zero-order valence-electron chi connectivity index (χ0n) is 12.5. The molecule has 1 amide bonds. The molecule has 118 valence electrons. The van der Waals surface area contributed by atoms with Crippen LogP contribution in [0.25, 0.3) is 10.4 Å². The molecule has 0 aliphatic carbocycles. The predicted octanol–water partition coefficient (Wildman–Crippen LogP) is 3.22. The van der Waals surface area contributed by atoms with Crippen molar-refractivity contribution in [3.63, 3.8) is 0 Å². The fourth-order valence-electron chi connectivity index (χ4n) is 2.00. The van der Waals surface area contributed by atoms with Gasteiger partial charge in [0.05, 0.1) is 12.6 Å². The Bertz CT molecular complexity index is 627. The summed E-state index contributed by atoms with van der Waals surface area (Å²) in [5, 5.41) is 3.62. The van der Waals surface area contributed by atoms with Crippen LogP contribution >= 0.6 is 22.9 Å². The van der Waals surface area contributed by atoms with Crippen LogP contribution in [-0.2, 0) is 9.53 Å². The smallest absolute Gasteiger partial charge is 0.239 e. The minimum atomic E-state index is -0.650. The van der Waals surface area contributed by atoms with Gasteiger partial charge >= 0.3 is 0 Å². The van der Waals surface area contributed by atoms with Crippen LogP contribution in [0.15, 0.2) is 36.4 Å². The van der Waals surface area contributed by atoms with Crippen molar-refractivity contribution in [1.82, 2.24) is 5.32 Å². The maximum atomic E-state index is 11.9. The average molecular weight is 339 g/mol. The van der Waals surface area contributed by atoms with E-state index in [9.17, 15) is 4.79 Å². The standard InChI is InChI=1S/C16H19ClN2O2S/c1-10(19-16(20)13(18)9-21-2)14-7-8-15(22-14)11-3-5-12(17)6-4-11/h3-8,10,13H,9,18H2,1-2H3,(H,19,20). The highest BCUT2D eigenvalue weighted by atomic mass is 35.5. The summed E-state index contributed by atoms with van der Waals surface area (Å²) < 4.78 is 4.89. The molecule has 2 unspecified atom stereocenters. The number of halogens is 1. The number of thiophene rings is 1. The Morgan fingerprint density at radius 1 is 1.32 bits per heavy atom. The van der Waals surface area contributed by atoms with Crippen molar-refractivity contribution < 1.29 is 9.53 Å². The molecule has 0 saturated carbocycles. The van der Waals surface area contributed by atoms with E-state index in [1.165, 1.54) is 7.11 Å². The summed E-state index contributed by atoms with van der Waals surface area (Å²) in [7, 11) is 1.52. The Kier molecular flexibility index (Phi) is 5.97. The molecule has 1 aromatic carbocycles. The number of carbonyl (C=O) groups excluding carboxylic acids is 1. The first-order valence-electron chi connectivity index (χ1n) is 6.92. The van der Waals surface area contributed by atoms with Gasteiger partial charge in [-0.3, -0.25) is 4.79 Å².